The van der Waals surface area contributed by atoms with Crippen LogP contribution in [0.1, 0.15) is 31.8 Å². The number of hydrogen-bond donors (Lipinski definition) is 2. The SMILES string of the molecule is COC(=O)c1cc(I)c(C(F)(F)F)cc1N.O=C(O)c1ccc(C(F)(F)F)cc1[N+](=O)[O-]. The van der Waals surface area contributed by atoms with E-state index in [4.69, 9.17) is 10.8 Å². The van der Waals surface area contributed by atoms with Gasteiger partial charge in [-0.1, -0.05) is 0 Å². The number of carbonyl (C=O) groups excluding carboxylic acids is 1. The number of nitro benzene ring substituents is 1. The largest absolute Gasteiger partial charge is 0.477 e. The zero-order chi connectivity index (χ0) is 25.0. The second kappa shape index (κ2) is 10.0. The molecule has 0 saturated carbocycles. The Bertz CT molecular complexity index is 1060. The predicted molar refractivity (Wildman–Crippen MR) is 105 cm³/mol. The van der Waals surface area contributed by atoms with Crippen LogP contribution in [0.2, 0.25) is 0 Å². The predicted octanol–water partition coefficient (Wildman–Crippen LogP) is 4.99. The van der Waals surface area contributed by atoms with Crippen molar-refractivity contribution in [1.29, 1.82) is 0 Å². The van der Waals surface area contributed by atoms with Crippen molar-refractivity contribution in [3.8, 4) is 0 Å². The van der Waals surface area contributed by atoms with E-state index in [0.29, 0.717) is 12.1 Å². The lowest BCUT2D eigenvalue weighted by Gasteiger charge is -2.12. The lowest BCUT2D eigenvalue weighted by molar-refractivity contribution is -0.385. The molecule has 0 amide bonds. The number of hydrogen-bond acceptors (Lipinski definition) is 6. The number of anilines is 1. The van der Waals surface area contributed by atoms with Gasteiger partial charge in [0.15, 0.2) is 0 Å². The molecule has 0 unspecified atom stereocenters. The first-order valence-electron chi connectivity index (χ1n) is 7.84. The maximum atomic E-state index is 12.5. The van der Waals surface area contributed by atoms with Crippen LogP contribution in [-0.4, -0.2) is 29.1 Å². The van der Waals surface area contributed by atoms with E-state index in [1.165, 1.54) is 22.6 Å². The Morgan fingerprint density at radius 2 is 1.62 bits per heavy atom. The van der Waals surface area contributed by atoms with E-state index >= 15 is 0 Å². The lowest BCUT2D eigenvalue weighted by atomic mass is 10.1. The number of methoxy groups -OCH3 is 1. The number of halogens is 7. The van der Waals surface area contributed by atoms with Crippen LogP contribution in [0, 0.1) is 13.7 Å². The molecule has 174 valence electrons. The van der Waals surface area contributed by atoms with Crippen LogP contribution in [0.15, 0.2) is 30.3 Å². The Balaban J connectivity index is 0.000000320. The number of esters is 1. The van der Waals surface area contributed by atoms with Gasteiger partial charge in [-0.2, -0.15) is 26.3 Å². The molecule has 2 aromatic carbocycles. The number of carboxylic acids is 1. The van der Waals surface area contributed by atoms with Gasteiger partial charge in [0.1, 0.15) is 5.56 Å². The summed E-state index contributed by atoms with van der Waals surface area (Å²) >= 11 is 1.49. The molecule has 0 aliphatic carbocycles. The minimum atomic E-state index is -4.75. The molecule has 0 aliphatic rings. The van der Waals surface area contributed by atoms with Crippen molar-refractivity contribution in [2.75, 3.05) is 12.8 Å². The Labute approximate surface area is 188 Å². The van der Waals surface area contributed by atoms with Crippen molar-refractivity contribution in [1.82, 2.24) is 0 Å². The summed E-state index contributed by atoms with van der Waals surface area (Å²) in [4.78, 5) is 30.9. The highest BCUT2D eigenvalue weighted by Crippen LogP contribution is 2.35. The second-order valence-corrected chi connectivity index (χ2v) is 6.86. The number of rotatable bonds is 3. The molecular formula is C17H11F6IN2O6. The van der Waals surface area contributed by atoms with Gasteiger partial charge in [0.25, 0.3) is 5.69 Å². The third-order valence-corrected chi connectivity index (χ3v) is 4.49. The van der Waals surface area contributed by atoms with Crippen molar-refractivity contribution in [2.24, 2.45) is 0 Å². The molecule has 8 nitrogen and oxygen atoms in total. The number of benzene rings is 2. The van der Waals surface area contributed by atoms with Crippen LogP contribution in [-0.2, 0) is 17.1 Å². The maximum absolute atomic E-state index is 12.5. The van der Waals surface area contributed by atoms with Crippen molar-refractivity contribution < 1.29 is 50.7 Å². The quantitative estimate of drug-likeness (QED) is 0.131. The number of nitrogens with two attached hydrogens (primary N) is 1. The minimum Gasteiger partial charge on any atom is -0.477 e. The number of alkyl halides is 6. The fourth-order valence-electron chi connectivity index (χ4n) is 2.13. The fraction of sp³-hybridized carbons (Fsp3) is 0.176. The number of ether oxygens (including phenoxy) is 1. The number of aromatic carboxylic acids is 1. The van der Waals surface area contributed by atoms with E-state index in [-0.39, 0.29) is 20.9 Å². The van der Waals surface area contributed by atoms with Crippen LogP contribution in [0.3, 0.4) is 0 Å². The standard InChI is InChI=1S/C9H7F3INO2.C8H4F3NO4/c1-16-8(15)4-2-6(13)5(3-7(4)14)9(10,11)12;9-8(10,11)4-1-2-5(7(13)14)6(3-4)12(15)16/h2-3H,14H2,1H3;1-3H,(H,13,14). The molecule has 2 rings (SSSR count). The fourth-order valence-corrected chi connectivity index (χ4v) is 2.91. The number of carboxylic acid groups (broad SMARTS) is 1. The van der Waals surface area contributed by atoms with Crippen LogP contribution in [0.25, 0.3) is 0 Å². The van der Waals surface area contributed by atoms with E-state index in [1.807, 2.05) is 0 Å². The van der Waals surface area contributed by atoms with E-state index in [2.05, 4.69) is 4.74 Å². The molecule has 0 heterocycles. The summed E-state index contributed by atoms with van der Waals surface area (Å²) in [6.07, 6.45) is -9.24. The molecule has 15 heteroatoms. The van der Waals surface area contributed by atoms with Gasteiger partial charge in [0.2, 0.25) is 0 Å². The number of carbonyl (C=O) groups is 2. The molecule has 0 bridgehead atoms. The van der Waals surface area contributed by atoms with E-state index in [9.17, 15) is 46.0 Å². The van der Waals surface area contributed by atoms with Crippen molar-refractivity contribution in [3.63, 3.8) is 0 Å². The summed E-state index contributed by atoms with van der Waals surface area (Å²) in [5, 5.41) is 18.9. The van der Waals surface area contributed by atoms with Gasteiger partial charge in [0, 0.05) is 15.3 Å². The highest BCUT2D eigenvalue weighted by Gasteiger charge is 2.35. The summed E-state index contributed by atoms with van der Waals surface area (Å²) in [5.41, 5.74) is 1.06. The first-order chi connectivity index (χ1) is 14.5. The second-order valence-electron chi connectivity index (χ2n) is 5.70. The molecule has 3 N–H and O–H groups in total. The zero-order valence-electron chi connectivity index (χ0n) is 15.5. The van der Waals surface area contributed by atoms with Gasteiger partial charge >= 0.3 is 24.3 Å². The zero-order valence-corrected chi connectivity index (χ0v) is 17.7. The summed E-state index contributed by atoms with van der Waals surface area (Å²) < 4.78 is 78.3. The van der Waals surface area contributed by atoms with Gasteiger partial charge < -0.3 is 15.6 Å². The third kappa shape index (κ3) is 6.69. The molecule has 0 spiro atoms. The molecule has 0 aromatic heterocycles. The molecular weight excluding hydrogens is 569 g/mol. The first-order valence-corrected chi connectivity index (χ1v) is 8.92. The average molecular weight is 580 g/mol. The normalized spacial score (nSPS) is 11.2. The molecule has 0 radical (unpaired) electrons. The average Bonchev–Trinajstić information content (AvgIpc) is 2.67. The summed E-state index contributed by atoms with van der Waals surface area (Å²) in [6.45, 7) is 0. The lowest BCUT2D eigenvalue weighted by Crippen LogP contribution is -2.12. The topological polar surface area (TPSA) is 133 Å². The first kappa shape index (κ1) is 26.9. The van der Waals surface area contributed by atoms with Crippen LogP contribution >= 0.6 is 22.6 Å². The van der Waals surface area contributed by atoms with Gasteiger partial charge in [-0.05, 0) is 46.9 Å². The van der Waals surface area contributed by atoms with E-state index in [1.54, 1.807) is 0 Å². The maximum Gasteiger partial charge on any atom is 0.417 e. The molecule has 0 saturated heterocycles. The number of nitrogens with zero attached hydrogens (tertiary/aromatic N) is 1. The molecule has 0 aliphatic heterocycles. The van der Waals surface area contributed by atoms with Crippen molar-refractivity contribution in [3.05, 3.63) is 66.3 Å². The third-order valence-electron chi connectivity index (χ3n) is 3.60. The summed E-state index contributed by atoms with van der Waals surface area (Å²) in [7, 11) is 1.13. The summed E-state index contributed by atoms with van der Waals surface area (Å²) in [6, 6.07) is 3.03. The Morgan fingerprint density at radius 1 is 1.06 bits per heavy atom. The Morgan fingerprint density at radius 3 is 2.03 bits per heavy atom. The summed E-state index contributed by atoms with van der Waals surface area (Å²) in [5.74, 6) is -2.41. The van der Waals surface area contributed by atoms with Gasteiger partial charge in [-0.25, -0.2) is 9.59 Å². The minimum absolute atomic E-state index is 0.0695. The van der Waals surface area contributed by atoms with Gasteiger partial charge in [-0.3, -0.25) is 10.1 Å². The smallest absolute Gasteiger partial charge is 0.417 e. The highest BCUT2D eigenvalue weighted by molar-refractivity contribution is 14.1. The van der Waals surface area contributed by atoms with Crippen LogP contribution < -0.4 is 5.73 Å². The van der Waals surface area contributed by atoms with Crippen molar-refractivity contribution >= 4 is 45.9 Å². The number of nitrogen functional groups attached to an aromatic ring is 1. The Kier molecular flexibility index (Phi) is 8.42. The van der Waals surface area contributed by atoms with Crippen LogP contribution in [0.4, 0.5) is 37.7 Å². The van der Waals surface area contributed by atoms with E-state index in [0.717, 1.165) is 19.2 Å². The molecule has 0 atom stereocenters. The van der Waals surface area contributed by atoms with Gasteiger partial charge in [0.05, 0.1) is 28.7 Å². The molecule has 32 heavy (non-hydrogen) atoms. The Hall–Kier alpha value is -3.11. The van der Waals surface area contributed by atoms with Crippen LogP contribution in [0.5, 0.6) is 0 Å². The number of nitro groups is 1. The van der Waals surface area contributed by atoms with E-state index < -0.39 is 51.6 Å². The van der Waals surface area contributed by atoms with Gasteiger partial charge in [-0.15, -0.1) is 0 Å². The monoisotopic (exact) mass is 580 g/mol. The molecule has 0 fully saturated rings. The van der Waals surface area contributed by atoms with Crippen molar-refractivity contribution in [2.45, 2.75) is 12.4 Å². The highest BCUT2D eigenvalue weighted by atomic mass is 127. The molecule has 2 aromatic rings.